The van der Waals surface area contributed by atoms with Crippen LogP contribution in [0.2, 0.25) is 0 Å². The summed E-state index contributed by atoms with van der Waals surface area (Å²) >= 11 is 0. The van der Waals surface area contributed by atoms with Crippen LogP contribution in [0, 0.1) is 0 Å². The molecule has 1 saturated heterocycles. The normalized spacial score (nSPS) is 21.1. The Labute approximate surface area is 91.4 Å². The van der Waals surface area contributed by atoms with E-state index in [0.29, 0.717) is 0 Å². The molecule has 0 amide bonds. The van der Waals surface area contributed by atoms with Gasteiger partial charge in [-0.05, 0) is 37.1 Å². The maximum atomic E-state index is 12.0. The number of hydrogen-bond acceptors (Lipinski definition) is 2. The van der Waals surface area contributed by atoms with Crippen LogP contribution in [0.15, 0.2) is 24.3 Å². The van der Waals surface area contributed by atoms with Crippen molar-refractivity contribution < 1.29 is 17.9 Å². The zero-order valence-corrected chi connectivity index (χ0v) is 8.55. The van der Waals surface area contributed by atoms with Crippen LogP contribution in [0.1, 0.15) is 24.4 Å². The second-order valence-electron chi connectivity index (χ2n) is 3.77. The van der Waals surface area contributed by atoms with Crippen LogP contribution in [-0.4, -0.2) is 12.9 Å². The fourth-order valence-corrected chi connectivity index (χ4v) is 1.90. The van der Waals surface area contributed by atoms with E-state index in [0.717, 1.165) is 24.9 Å². The molecule has 1 aliphatic heterocycles. The number of halogens is 3. The van der Waals surface area contributed by atoms with E-state index in [4.69, 9.17) is 0 Å². The predicted molar refractivity (Wildman–Crippen MR) is 53.1 cm³/mol. The third kappa shape index (κ3) is 2.88. The van der Waals surface area contributed by atoms with Crippen molar-refractivity contribution in [3.05, 3.63) is 29.8 Å². The smallest absolute Gasteiger partial charge is 0.406 e. The zero-order chi connectivity index (χ0) is 11.6. The summed E-state index contributed by atoms with van der Waals surface area (Å²) < 4.78 is 39.9. The number of hydrogen-bond donors (Lipinski definition) is 1. The first-order valence-electron chi connectivity index (χ1n) is 5.14. The average molecular weight is 231 g/mol. The van der Waals surface area contributed by atoms with Crippen molar-refractivity contribution in [2.24, 2.45) is 0 Å². The lowest BCUT2D eigenvalue weighted by Crippen LogP contribution is -2.18. The highest BCUT2D eigenvalue weighted by Gasteiger charge is 2.31. The molecule has 1 heterocycles. The van der Waals surface area contributed by atoms with E-state index in [9.17, 15) is 13.2 Å². The zero-order valence-electron chi connectivity index (χ0n) is 8.55. The van der Waals surface area contributed by atoms with Gasteiger partial charge in [0.2, 0.25) is 0 Å². The molecule has 0 saturated carbocycles. The summed E-state index contributed by atoms with van der Waals surface area (Å²) in [6.45, 7) is 0.912. The Morgan fingerprint density at radius 2 is 2.12 bits per heavy atom. The second kappa shape index (κ2) is 4.33. The van der Waals surface area contributed by atoms with Gasteiger partial charge in [-0.3, -0.25) is 0 Å². The topological polar surface area (TPSA) is 21.3 Å². The molecule has 88 valence electrons. The molecule has 2 nitrogen and oxygen atoms in total. The molecule has 16 heavy (non-hydrogen) atoms. The SMILES string of the molecule is FC(F)(F)Oc1cccc([C@H]2CCCN2)c1. The molecule has 0 bridgehead atoms. The first-order chi connectivity index (χ1) is 7.54. The number of benzene rings is 1. The molecule has 1 fully saturated rings. The summed E-state index contributed by atoms with van der Waals surface area (Å²) in [5, 5.41) is 3.23. The Kier molecular flexibility index (Phi) is 3.05. The Bertz CT molecular complexity index is 358. The first kappa shape index (κ1) is 11.3. The summed E-state index contributed by atoms with van der Waals surface area (Å²) in [5.41, 5.74) is 0.847. The third-order valence-electron chi connectivity index (χ3n) is 2.55. The van der Waals surface area contributed by atoms with Crippen LogP contribution < -0.4 is 10.1 Å². The molecular weight excluding hydrogens is 219 g/mol. The predicted octanol–water partition coefficient (Wildman–Crippen LogP) is 3.01. The third-order valence-corrected chi connectivity index (χ3v) is 2.55. The van der Waals surface area contributed by atoms with E-state index >= 15 is 0 Å². The molecule has 1 aromatic rings. The standard InChI is InChI=1S/C11H12F3NO/c12-11(13,14)16-9-4-1-3-8(7-9)10-5-2-6-15-10/h1,3-4,7,10,15H,2,5-6H2/t10-/m1/s1. The number of ether oxygens (including phenoxy) is 1. The molecule has 0 aliphatic carbocycles. The highest BCUT2D eigenvalue weighted by Crippen LogP contribution is 2.28. The molecule has 0 spiro atoms. The monoisotopic (exact) mass is 231 g/mol. The van der Waals surface area contributed by atoms with Crippen molar-refractivity contribution in [2.45, 2.75) is 25.2 Å². The van der Waals surface area contributed by atoms with Crippen molar-refractivity contribution in [1.29, 1.82) is 0 Å². The lowest BCUT2D eigenvalue weighted by atomic mass is 10.1. The molecule has 1 aliphatic rings. The fraction of sp³-hybridized carbons (Fsp3) is 0.455. The summed E-state index contributed by atoms with van der Waals surface area (Å²) in [4.78, 5) is 0. The molecular formula is C11H12F3NO. The van der Waals surface area contributed by atoms with Crippen molar-refractivity contribution in [1.82, 2.24) is 5.32 Å². The van der Waals surface area contributed by atoms with Crippen LogP contribution in [-0.2, 0) is 0 Å². The van der Waals surface area contributed by atoms with Crippen LogP contribution in [0.4, 0.5) is 13.2 Å². The van der Waals surface area contributed by atoms with Gasteiger partial charge in [-0.25, -0.2) is 0 Å². The minimum atomic E-state index is -4.62. The van der Waals surface area contributed by atoms with Crippen molar-refractivity contribution in [3.8, 4) is 5.75 Å². The van der Waals surface area contributed by atoms with Gasteiger partial charge in [0.05, 0.1) is 0 Å². The Balaban J connectivity index is 2.12. The molecule has 0 aromatic heterocycles. The first-order valence-corrected chi connectivity index (χ1v) is 5.14. The van der Waals surface area contributed by atoms with E-state index in [1.54, 1.807) is 6.07 Å². The van der Waals surface area contributed by atoms with Gasteiger partial charge in [0, 0.05) is 6.04 Å². The van der Waals surface area contributed by atoms with Gasteiger partial charge < -0.3 is 10.1 Å². The average Bonchev–Trinajstić information content (AvgIpc) is 2.68. The minimum Gasteiger partial charge on any atom is -0.406 e. The van der Waals surface area contributed by atoms with Gasteiger partial charge in [0.25, 0.3) is 0 Å². The van der Waals surface area contributed by atoms with Gasteiger partial charge in [-0.1, -0.05) is 12.1 Å². The summed E-state index contributed by atoms with van der Waals surface area (Å²) in [6.07, 6.45) is -2.62. The van der Waals surface area contributed by atoms with Gasteiger partial charge in [-0.15, -0.1) is 13.2 Å². The lowest BCUT2D eigenvalue weighted by molar-refractivity contribution is -0.274. The van der Waals surface area contributed by atoms with E-state index in [1.807, 2.05) is 6.07 Å². The Morgan fingerprint density at radius 3 is 2.75 bits per heavy atom. The molecule has 0 radical (unpaired) electrons. The van der Waals surface area contributed by atoms with Gasteiger partial charge in [0.1, 0.15) is 5.75 Å². The van der Waals surface area contributed by atoms with Gasteiger partial charge >= 0.3 is 6.36 Å². The summed E-state index contributed by atoms with van der Waals surface area (Å²) in [5.74, 6) is -0.154. The molecule has 5 heteroatoms. The second-order valence-corrected chi connectivity index (χ2v) is 3.77. The van der Waals surface area contributed by atoms with E-state index in [1.165, 1.54) is 12.1 Å². The maximum Gasteiger partial charge on any atom is 0.573 e. The largest absolute Gasteiger partial charge is 0.573 e. The Morgan fingerprint density at radius 1 is 1.31 bits per heavy atom. The fourth-order valence-electron chi connectivity index (χ4n) is 1.90. The number of alkyl halides is 3. The van der Waals surface area contributed by atoms with Crippen LogP contribution in [0.25, 0.3) is 0 Å². The Hall–Kier alpha value is -1.23. The highest BCUT2D eigenvalue weighted by molar-refractivity contribution is 5.31. The van der Waals surface area contributed by atoms with Crippen molar-refractivity contribution in [3.63, 3.8) is 0 Å². The van der Waals surface area contributed by atoms with Crippen LogP contribution in [0.3, 0.4) is 0 Å². The van der Waals surface area contributed by atoms with E-state index < -0.39 is 6.36 Å². The molecule has 1 N–H and O–H groups in total. The number of rotatable bonds is 2. The molecule has 2 rings (SSSR count). The van der Waals surface area contributed by atoms with E-state index in [2.05, 4.69) is 10.1 Å². The van der Waals surface area contributed by atoms with Crippen molar-refractivity contribution >= 4 is 0 Å². The minimum absolute atomic E-state index is 0.150. The summed E-state index contributed by atoms with van der Waals surface area (Å²) in [7, 11) is 0. The quantitative estimate of drug-likeness (QED) is 0.844. The molecule has 0 unspecified atom stereocenters. The lowest BCUT2D eigenvalue weighted by Gasteiger charge is -2.13. The highest BCUT2D eigenvalue weighted by atomic mass is 19.4. The molecule has 1 atom stereocenters. The number of nitrogens with one attached hydrogen (secondary N) is 1. The van der Waals surface area contributed by atoms with Gasteiger partial charge in [-0.2, -0.15) is 0 Å². The van der Waals surface area contributed by atoms with Crippen molar-refractivity contribution in [2.75, 3.05) is 6.54 Å². The van der Waals surface area contributed by atoms with Crippen LogP contribution >= 0.6 is 0 Å². The van der Waals surface area contributed by atoms with E-state index in [-0.39, 0.29) is 11.8 Å². The molecule has 1 aromatic carbocycles. The maximum absolute atomic E-state index is 12.0. The summed E-state index contributed by atoms with van der Waals surface area (Å²) in [6, 6.07) is 6.29. The van der Waals surface area contributed by atoms with Gasteiger partial charge in [0.15, 0.2) is 0 Å². The van der Waals surface area contributed by atoms with Crippen LogP contribution in [0.5, 0.6) is 5.75 Å².